The smallest absolute Gasteiger partial charge is 0.226 e. The van der Waals surface area contributed by atoms with E-state index in [4.69, 9.17) is 0 Å². The lowest BCUT2D eigenvalue weighted by atomic mass is 9.98. The Bertz CT molecular complexity index is 490. The molecule has 21 heavy (non-hydrogen) atoms. The van der Waals surface area contributed by atoms with Crippen LogP contribution < -0.4 is 0 Å². The van der Waals surface area contributed by atoms with Gasteiger partial charge in [-0.3, -0.25) is 9.89 Å². The van der Waals surface area contributed by atoms with Crippen LogP contribution in [0, 0.1) is 0 Å². The van der Waals surface area contributed by atoms with E-state index in [0.29, 0.717) is 0 Å². The maximum absolute atomic E-state index is 12.4. The molecule has 0 radical (unpaired) electrons. The highest BCUT2D eigenvalue weighted by molar-refractivity contribution is 5.77. The number of aromatic nitrogens is 3. The van der Waals surface area contributed by atoms with E-state index in [-0.39, 0.29) is 24.3 Å². The molecule has 1 unspecified atom stereocenters. The summed E-state index contributed by atoms with van der Waals surface area (Å²) in [6, 6.07) is -0.0476. The van der Waals surface area contributed by atoms with Gasteiger partial charge in [-0.25, -0.2) is 4.98 Å². The van der Waals surface area contributed by atoms with Crippen molar-refractivity contribution in [1.29, 1.82) is 0 Å². The second-order valence-corrected chi connectivity index (χ2v) is 6.82. The highest BCUT2D eigenvalue weighted by Crippen LogP contribution is 2.30. The maximum Gasteiger partial charge on any atom is 0.226 e. The molecule has 0 spiro atoms. The zero-order chi connectivity index (χ0) is 15.6. The van der Waals surface area contributed by atoms with Crippen LogP contribution in [-0.4, -0.2) is 43.2 Å². The summed E-state index contributed by atoms with van der Waals surface area (Å²) in [5.74, 6) is 1.79. The molecule has 1 aliphatic rings. The number of carbonyl (C=O) groups excluding carboxylic acids is 1. The third-order valence-electron chi connectivity index (χ3n) is 3.76. The lowest BCUT2D eigenvalue weighted by Gasteiger charge is -2.35. The molecule has 1 aromatic heterocycles. The topological polar surface area (TPSA) is 82.1 Å². The highest BCUT2D eigenvalue weighted by atomic mass is 16.3. The molecule has 2 heterocycles. The molecule has 0 aromatic carbocycles. The van der Waals surface area contributed by atoms with E-state index in [0.717, 1.165) is 37.5 Å². The van der Waals surface area contributed by atoms with Gasteiger partial charge in [0, 0.05) is 12.5 Å². The van der Waals surface area contributed by atoms with Gasteiger partial charge in [0.05, 0.1) is 18.1 Å². The van der Waals surface area contributed by atoms with Gasteiger partial charge in [0.15, 0.2) is 5.82 Å². The van der Waals surface area contributed by atoms with Gasteiger partial charge in [-0.2, -0.15) is 5.10 Å². The number of aliphatic hydroxyl groups is 1. The van der Waals surface area contributed by atoms with E-state index in [1.165, 1.54) is 0 Å². The quantitative estimate of drug-likeness (QED) is 0.891. The van der Waals surface area contributed by atoms with E-state index in [9.17, 15) is 9.90 Å². The zero-order valence-electron chi connectivity index (χ0n) is 13.4. The van der Waals surface area contributed by atoms with Crippen molar-refractivity contribution in [3.8, 4) is 0 Å². The number of nitrogens with one attached hydrogen (secondary N) is 1. The Morgan fingerprint density at radius 3 is 2.76 bits per heavy atom. The van der Waals surface area contributed by atoms with Crippen molar-refractivity contribution in [2.75, 3.05) is 6.54 Å². The number of amides is 1. The molecule has 2 rings (SSSR count). The summed E-state index contributed by atoms with van der Waals surface area (Å²) in [6.45, 7) is 8.14. The zero-order valence-corrected chi connectivity index (χ0v) is 13.4. The van der Waals surface area contributed by atoms with Crippen LogP contribution in [0.2, 0.25) is 0 Å². The SMILES string of the molecule is CC(C)c1n[nH]c(C2CCCCN2C(=O)CC(C)(C)O)n1. The molecule has 1 saturated heterocycles. The number of aromatic amines is 1. The predicted octanol–water partition coefficient (Wildman–Crippen LogP) is 2.14. The van der Waals surface area contributed by atoms with Crippen LogP contribution in [0.4, 0.5) is 0 Å². The van der Waals surface area contributed by atoms with Crippen molar-refractivity contribution in [2.24, 2.45) is 0 Å². The molecule has 0 saturated carbocycles. The van der Waals surface area contributed by atoms with E-state index < -0.39 is 5.60 Å². The number of hydrogen-bond acceptors (Lipinski definition) is 4. The summed E-state index contributed by atoms with van der Waals surface area (Å²) < 4.78 is 0. The molecule has 1 aromatic rings. The summed E-state index contributed by atoms with van der Waals surface area (Å²) in [5.41, 5.74) is -0.983. The number of likely N-dealkylation sites (tertiary alicyclic amines) is 1. The Morgan fingerprint density at radius 1 is 1.48 bits per heavy atom. The van der Waals surface area contributed by atoms with Crippen molar-refractivity contribution in [3.05, 3.63) is 11.6 Å². The van der Waals surface area contributed by atoms with Gasteiger partial charge >= 0.3 is 0 Å². The molecule has 0 aliphatic carbocycles. The average molecular weight is 294 g/mol. The van der Waals surface area contributed by atoms with Gasteiger partial charge in [-0.15, -0.1) is 0 Å². The van der Waals surface area contributed by atoms with Gasteiger partial charge < -0.3 is 10.0 Å². The molecule has 6 heteroatoms. The number of rotatable bonds is 4. The fourth-order valence-electron chi connectivity index (χ4n) is 2.68. The first-order valence-electron chi connectivity index (χ1n) is 7.72. The normalized spacial score (nSPS) is 20.1. The molecule has 118 valence electrons. The Kier molecular flexibility index (Phi) is 4.66. The molecular formula is C15H26N4O2. The molecule has 2 N–H and O–H groups in total. The summed E-state index contributed by atoms with van der Waals surface area (Å²) >= 11 is 0. The summed E-state index contributed by atoms with van der Waals surface area (Å²) in [4.78, 5) is 18.8. The van der Waals surface area contributed by atoms with Crippen LogP contribution in [0.25, 0.3) is 0 Å². The first-order valence-corrected chi connectivity index (χ1v) is 7.72. The van der Waals surface area contributed by atoms with Gasteiger partial charge in [-0.05, 0) is 33.1 Å². The monoisotopic (exact) mass is 294 g/mol. The average Bonchev–Trinajstić information content (AvgIpc) is 2.86. The highest BCUT2D eigenvalue weighted by Gasteiger charge is 2.32. The van der Waals surface area contributed by atoms with Crippen molar-refractivity contribution in [2.45, 2.75) is 70.9 Å². The number of piperidine rings is 1. The van der Waals surface area contributed by atoms with Crippen LogP contribution in [0.3, 0.4) is 0 Å². The van der Waals surface area contributed by atoms with E-state index in [1.807, 2.05) is 18.7 Å². The molecule has 1 amide bonds. The number of nitrogens with zero attached hydrogens (tertiary/aromatic N) is 3. The largest absolute Gasteiger partial charge is 0.390 e. The van der Waals surface area contributed by atoms with Crippen LogP contribution >= 0.6 is 0 Å². The molecule has 1 fully saturated rings. The minimum atomic E-state index is -0.983. The van der Waals surface area contributed by atoms with Gasteiger partial charge in [0.25, 0.3) is 0 Å². The fraction of sp³-hybridized carbons (Fsp3) is 0.800. The van der Waals surface area contributed by atoms with Gasteiger partial charge in [0.1, 0.15) is 5.82 Å². The minimum Gasteiger partial charge on any atom is -0.390 e. The number of hydrogen-bond donors (Lipinski definition) is 2. The Labute approximate surface area is 126 Å². The lowest BCUT2D eigenvalue weighted by molar-refractivity contribution is -0.139. The summed E-state index contributed by atoms with van der Waals surface area (Å²) in [7, 11) is 0. The van der Waals surface area contributed by atoms with E-state index >= 15 is 0 Å². The Balaban J connectivity index is 2.16. The minimum absolute atomic E-state index is 0.0188. The van der Waals surface area contributed by atoms with Crippen molar-refractivity contribution >= 4 is 5.91 Å². The molecule has 0 bridgehead atoms. The summed E-state index contributed by atoms with van der Waals surface area (Å²) in [5, 5.41) is 17.1. The standard InChI is InChI=1S/C15H26N4O2/c1-10(2)13-16-14(18-17-13)11-7-5-6-8-19(11)12(20)9-15(3,4)21/h10-11,21H,5-9H2,1-4H3,(H,16,17,18). The Hall–Kier alpha value is -1.43. The van der Waals surface area contributed by atoms with Crippen molar-refractivity contribution in [1.82, 2.24) is 20.1 Å². The Morgan fingerprint density at radius 2 is 2.19 bits per heavy atom. The van der Waals surface area contributed by atoms with E-state index in [2.05, 4.69) is 15.2 Å². The van der Waals surface area contributed by atoms with Crippen LogP contribution in [-0.2, 0) is 4.79 Å². The third-order valence-corrected chi connectivity index (χ3v) is 3.76. The maximum atomic E-state index is 12.4. The molecular weight excluding hydrogens is 268 g/mol. The van der Waals surface area contributed by atoms with Crippen molar-refractivity contribution in [3.63, 3.8) is 0 Å². The number of carbonyl (C=O) groups is 1. The molecule has 1 aliphatic heterocycles. The van der Waals surface area contributed by atoms with Gasteiger partial charge in [-0.1, -0.05) is 13.8 Å². The number of H-pyrrole nitrogens is 1. The summed E-state index contributed by atoms with van der Waals surface area (Å²) in [6.07, 6.45) is 3.10. The first-order chi connectivity index (χ1) is 9.78. The molecule has 1 atom stereocenters. The van der Waals surface area contributed by atoms with Crippen molar-refractivity contribution < 1.29 is 9.90 Å². The van der Waals surface area contributed by atoms with Crippen LogP contribution in [0.1, 0.15) is 77.0 Å². The van der Waals surface area contributed by atoms with E-state index in [1.54, 1.807) is 13.8 Å². The second-order valence-electron chi connectivity index (χ2n) is 6.82. The molecule has 6 nitrogen and oxygen atoms in total. The first kappa shape index (κ1) is 15.9. The van der Waals surface area contributed by atoms with Gasteiger partial charge in [0.2, 0.25) is 5.91 Å². The third kappa shape index (κ3) is 4.03. The van der Waals surface area contributed by atoms with Crippen LogP contribution in [0.15, 0.2) is 0 Å². The van der Waals surface area contributed by atoms with Crippen LogP contribution in [0.5, 0.6) is 0 Å². The predicted molar refractivity (Wildman–Crippen MR) is 79.7 cm³/mol. The lowest BCUT2D eigenvalue weighted by Crippen LogP contribution is -2.42. The second kappa shape index (κ2) is 6.13. The fourth-order valence-corrected chi connectivity index (χ4v) is 2.68.